The molecular formula is C15H23NO4. The summed E-state index contributed by atoms with van der Waals surface area (Å²) in [4.78, 5) is 25.3. The second-order valence-electron chi connectivity index (χ2n) is 5.80. The minimum absolute atomic E-state index is 0.0974. The van der Waals surface area contributed by atoms with Crippen molar-refractivity contribution in [3.63, 3.8) is 0 Å². The number of rotatable bonds is 3. The van der Waals surface area contributed by atoms with Gasteiger partial charge in [0.05, 0.1) is 0 Å². The molecule has 1 aliphatic heterocycles. The molecule has 0 aromatic rings. The van der Waals surface area contributed by atoms with E-state index < -0.39 is 11.7 Å². The second kappa shape index (κ2) is 6.59. The van der Waals surface area contributed by atoms with Crippen LogP contribution < -0.4 is 0 Å². The van der Waals surface area contributed by atoms with Gasteiger partial charge < -0.3 is 14.4 Å². The number of hydrogen-bond acceptors (Lipinski definition) is 4. The van der Waals surface area contributed by atoms with Gasteiger partial charge >= 0.3 is 12.1 Å². The van der Waals surface area contributed by atoms with Crippen LogP contribution >= 0.6 is 0 Å². The molecule has 0 aromatic carbocycles. The third-order valence-corrected chi connectivity index (χ3v) is 2.80. The minimum atomic E-state index is -0.513. The highest BCUT2D eigenvalue weighted by Crippen LogP contribution is 2.21. The number of amides is 1. The van der Waals surface area contributed by atoms with Gasteiger partial charge in [0.15, 0.2) is 0 Å². The SMILES string of the molecule is C=CCOC(=O)N1CC=C(C(=O)OC(C)(C)C)C[C@H]1C. The fraction of sp³-hybridized carbons (Fsp3) is 0.600. The second-order valence-corrected chi connectivity index (χ2v) is 5.80. The Bertz CT molecular complexity index is 420. The molecule has 0 fully saturated rings. The van der Waals surface area contributed by atoms with Crippen LogP contribution in [0.4, 0.5) is 4.79 Å². The number of hydrogen-bond donors (Lipinski definition) is 0. The zero-order chi connectivity index (χ0) is 15.3. The van der Waals surface area contributed by atoms with Crippen molar-refractivity contribution in [3.05, 3.63) is 24.3 Å². The van der Waals surface area contributed by atoms with Gasteiger partial charge in [-0.1, -0.05) is 18.7 Å². The molecule has 5 heteroatoms. The summed E-state index contributed by atoms with van der Waals surface area (Å²) in [5, 5.41) is 0. The quantitative estimate of drug-likeness (QED) is 0.589. The van der Waals surface area contributed by atoms with Crippen LogP contribution in [-0.4, -0.2) is 41.8 Å². The molecule has 20 heavy (non-hydrogen) atoms. The number of ether oxygens (including phenoxy) is 2. The Labute approximate surface area is 120 Å². The number of esters is 1. The van der Waals surface area contributed by atoms with Gasteiger partial charge in [0.25, 0.3) is 0 Å². The van der Waals surface area contributed by atoms with Crippen LogP contribution in [0.3, 0.4) is 0 Å². The zero-order valence-corrected chi connectivity index (χ0v) is 12.6. The summed E-state index contributed by atoms with van der Waals surface area (Å²) in [5.41, 5.74) is 0.0986. The molecule has 1 aliphatic rings. The van der Waals surface area contributed by atoms with Crippen LogP contribution in [0.5, 0.6) is 0 Å². The van der Waals surface area contributed by atoms with Crippen molar-refractivity contribution in [1.29, 1.82) is 0 Å². The molecule has 0 bridgehead atoms. The summed E-state index contributed by atoms with van der Waals surface area (Å²) in [5.74, 6) is -0.316. The summed E-state index contributed by atoms with van der Waals surface area (Å²) in [6, 6.07) is -0.0974. The Morgan fingerprint density at radius 3 is 2.65 bits per heavy atom. The van der Waals surface area contributed by atoms with Crippen molar-refractivity contribution >= 4 is 12.1 Å². The maximum Gasteiger partial charge on any atom is 0.410 e. The summed E-state index contributed by atoms with van der Waals surface area (Å²) in [6.07, 6.45) is 3.33. The van der Waals surface area contributed by atoms with E-state index in [1.54, 1.807) is 11.0 Å². The predicted molar refractivity (Wildman–Crippen MR) is 76.3 cm³/mol. The molecule has 1 heterocycles. The summed E-state index contributed by atoms with van der Waals surface area (Å²) >= 11 is 0. The van der Waals surface area contributed by atoms with Gasteiger partial charge in [-0.2, -0.15) is 0 Å². The Balaban J connectivity index is 2.65. The lowest BCUT2D eigenvalue weighted by Gasteiger charge is -2.32. The third-order valence-electron chi connectivity index (χ3n) is 2.80. The van der Waals surface area contributed by atoms with Gasteiger partial charge in [0.2, 0.25) is 0 Å². The highest BCUT2D eigenvalue weighted by atomic mass is 16.6. The maximum atomic E-state index is 12.0. The average molecular weight is 281 g/mol. The van der Waals surface area contributed by atoms with Crippen molar-refractivity contribution in [2.75, 3.05) is 13.2 Å². The van der Waals surface area contributed by atoms with Gasteiger partial charge in [-0.15, -0.1) is 0 Å². The van der Waals surface area contributed by atoms with E-state index >= 15 is 0 Å². The molecule has 0 spiro atoms. The van der Waals surface area contributed by atoms with Crippen LogP contribution in [0.1, 0.15) is 34.1 Å². The molecule has 0 aliphatic carbocycles. The van der Waals surface area contributed by atoms with E-state index in [1.165, 1.54) is 6.08 Å². The normalized spacial score (nSPS) is 19.1. The van der Waals surface area contributed by atoms with Crippen molar-refractivity contribution in [2.24, 2.45) is 0 Å². The maximum absolute atomic E-state index is 12.0. The van der Waals surface area contributed by atoms with E-state index in [2.05, 4.69) is 6.58 Å². The van der Waals surface area contributed by atoms with Gasteiger partial charge in [-0.05, 0) is 34.1 Å². The van der Waals surface area contributed by atoms with Crippen LogP contribution in [0.15, 0.2) is 24.3 Å². The van der Waals surface area contributed by atoms with Crippen molar-refractivity contribution < 1.29 is 19.1 Å². The van der Waals surface area contributed by atoms with Crippen LogP contribution in [0, 0.1) is 0 Å². The van der Waals surface area contributed by atoms with Gasteiger partial charge in [0, 0.05) is 18.2 Å². The lowest BCUT2D eigenvalue weighted by atomic mass is 10.0. The molecule has 112 valence electrons. The van der Waals surface area contributed by atoms with Crippen molar-refractivity contribution in [3.8, 4) is 0 Å². The first-order valence-corrected chi connectivity index (χ1v) is 6.71. The Morgan fingerprint density at radius 1 is 1.50 bits per heavy atom. The molecule has 0 aromatic heterocycles. The fourth-order valence-corrected chi connectivity index (χ4v) is 1.88. The number of carbonyl (C=O) groups is 2. The first-order chi connectivity index (χ1) is 9.24. The zero-order valence-electron chi connectivity index (χ0n) is 12.6. The standard InChI is InChI=1S/C15H23NO4/c1-6-9-19-14(18)16-8-7-12(10-11(16)2)13(17)20-15(3,4)5/h6-7,11H,1,8-10H2,2-5H3/t11-/m1/s1. The summed E-state index contributed by atoms with van der Waals surface area (Å²) in [7, 11) is 0. The lowest BCUT2D eigenvalue weighted by Crippen LogP contribution is -2.43. The van der Waals surface area contributed by atoms with Gasteiger partial charge in [-0.3, -0.25) is 0 Å². The Hall–Kier alpha value is -1.78. The topological polar surface area (TPSA) is 55.8 Å². The molecule has 0 radical (unpaired) electrons. The molecule has 0 saturated heterocycles. The van der Waals surface area contributed by atoms with E-state index in [1.807, 2.05) is 27.7 Å². The van der Waals surface area contributed by atoms with Crippen LogP contribution in [-0.2, 0) is 14.3 Å². The van der Waals surface area contributed by atoms with Gasteiger partial charge in [0.1, 0.15) is 12.2 Å². The Morgan fingerprint density at radius 2 is 2.15 bits per heavy atom. The third kappa shape index (κ3) is 4.72. The molecule has 5 nitrogen and oxygen atoms in total. The minimum Gasteiger partial charge on any atom is -0.457 e. The highest BCUT2D eigenvalue weighted by molar-refractivity contribution is 5.89. The predicted octanol–water partition coefficient (Wildman–Crippen LogP) is 2.67. The Kier molecular flexibility index (Phi) is 5.36. The molecule has 0 N–H and O–H groups in total. The molecule has 0 unspecified atom stereocenters. The van der Waals surface area contributed by atoms with E-state index in [9.17, 15) is 9.59 Å². The van der Waals surface area contributed by atoms with Crippen molar-refractivity contribution in [2.45, 2.75) is 45.8 Å². The van der Waals surface area contributed by atoms with E-state index in [0.717, 1.165) is 0 Å². The monoisotopic (exact) mass is 281 g/mol. The average Bonchev–Trinajstić information content (AvgIpc) is 2.33. The van der Waals surface area contributed by atoms with Gasteiger partial charge in [-0.25, -0.2) is 9.59 Å². The first-order valence-electron chi connectivity index (χ1n) is 6.71. The smallest absolute Gasteiger partial charge is 0.410 e. The van der Waals surface area contributed by atoms with Crippen LogP contribution in [0.2, 0.25) is 0 Å². The summed E-state index contributed by atoms with van der Waals surface area (Å²) < 4.78 is 10.3. The van der Waals surface area contributed by atoms with E-state index in [4.69, 9.17) is 9.47 Å². The lowest BCUT2D eigenvalue weighted by molar-refractivity contribution is -0.150. The van der Waals surface area contributed by atoms with E-state index in [0.29, 0.717) is 18.5 Å². The van der Waals surface area contributed by atoms with Crippen LogP contribution in [0.25, 0.3) is 0 Å². The highest BCUT2D eigenvalue weighted by Gasteiger charge is 2.29. The largest absolute Gasteiger partial charge is 0.457 e. The molecule has 1 atom stereocenters. The van der Waals surface area contributed by atoms with E-state index in [-0.39, 0.29) is 18.6 Å². The van der Waals surface area contributed by atoms with Crippen molar-refractivity contribution in [1.82, 2.24) is 4.90 Å². The molecular weight excluding hydrogens is 258 g/mol. The summed E-state index contributed by atoms with van der Waals surface area (Å²) in [6.45, 7) is 11.4. The number of nitrogens with zero attached hydrogens (tertiary/aromatic N) is 1. The fourth-order valence-electron chi connectivity index (χ4n) is 1.88. The number of carbonyl (C=O) groups excluding carboxylic acids is 2. The first kappa shape index (κ1) is 16.3. The molecule has 1 rings (SSSR count). The molecule has 0 saturated carbocycles. The molecule has 1 amide bonds.